The fourth-order valence-electron chi connectivity index (χ4n) is 2.57. The summed E-state index contributed by atoms with van der Waals surface area (Å²) in [5.74, 6) is -0.274. The Morgan fingerprint density at radius 2 is 2.04 bits per heavy atom. The quantitative estimate of drug-likeness (QED) is 0.371. The minimum Gasteiger partial charge on any atom is -0.494 e. The zero-order valence-corrected chi connectivity index (χ0v) is 16.4. The Morgan fingerprint density at radius 3 is 2.68 bits per heavy atom. The molecule has 2 aromatic rings. The van der Waals surface area contributed by atoms with Gasteiger partial charge in [0.05, 0.1) is 17.3 Å². The number of para-hydroxylation sites is 1. The Balaban J connectivity index is 2.04. The molecule has 1 N–H and O–H groups in total. The molecule has 2 aromatic carbocycles. The van der Waals surface area contributed by atoms with E-state index in [9.17, 15) is 9.90 Å². The number of nitrogens with zero attached hydrogens (tertiary/aromatic N) is 2. The van der Waals surface area contributed by atoms with Gasteiger partial charge in [-0.3, -0.25) is 0 Å². The Kier molecular flexibility index (Phi) is 5.48. The van der Waals surface area contributed by atoms with Gasteiger partial charge in [0.2, 0.25) is 0 Å². The Hall–Kier alpha value is -1.80. The number of anilines is 2. The van der Waals surface area contributed by atoms with Gasteiger partial charge in [0, 0.05) is 5.69 Å². The van der Waals surface area contributed by atoms with E-state index in [0.29, 0.717) is 17.3 Å². The highest BCUT2D eigenvalue weighted by molar-refractivity contribution is 14.1. The van der Waals surface area contributed by atoms with Crippen molar-refractivity contribution in [2.45, 2.75) is 17.4 Å². The molecule has 0 fully saturated rings. The molecule has 0 saturated carbocycles. The summed E-state index contributed by atoms with van der Waals surface area (Å²) in [6, 6.07) is 13.0. The molecule has 0 saturated heterocycles. The van der Waals surface area contributed by atoms with Crippen molar-refractivity contribution in [3.63, 3.8) is 0 Å². The molecular formula is C18H16ClIN2O3. The summed E-state index contributed by atoms with van der Waals surface area (Å²) in [7, 11) is 0. The Bertz CT molecular complexity index is 824. The third-order valence-electron chi connectivity index (χ3n) is 3.72. The average Bonchev–Trinajstić information content (AvgIpc) is 2.60. The van der Waals surface area contributed by atoms with Gasteiger partial charge < -0.3 is 14.7 Å². The van der Waals surface area contributed by atoms with Crippen LogP contribution < -0.4 is 9.64 Å². The van der Waals surface area contributed by atoms with Crippen LogP contribution in [-0.2, 0) is 4.79 Å². The zero-order valence-electron chi connectivity index (χ0n) is 13.4. The number of aliphatic imine (C=N–C) groups is 1. The number of aliphatic carboxylic acids is 1. The summed E-state index contributed by atoms with van der Waals surface area (Å²) >= 11 is 8.33. The first-order valence-corrected chi connectivity index (χ1v) is 9.42. The van der Waals surface area contributed by atoms with E-state index >= 15 is 0 Å². The highest BCUT2D eigenvalue weighted by atomic mass is 127. The van der Waals surface area contributed by atoms with Gasteiger partial charge in [-0.2, -0.15) is 0 Å². The predicted octanol–water partition coefficient (Wildman–Crippen LogP) is 5.20. The van der Waals surface area contributed by atoms with Crippen molar-refractivity contribution in [2.24, 2.45) is 4.99 Å². The second-order valence-corrected chi connectivity index (χ2v) is 7.05. The molecule has 0 bridgehead atoms. The van der Waals surface area contributed by atoms with E-state index in [2.05, 4.69) is 34.5 Å². The molecular weight excluding hydrogens is 455 g/mol. The number of halogens is 2. The smallest absolute Gasteiger partial charge is 0.353 e. The molecule has 1 aliphatic heterocycles. The minimum atomic E-state index is -1.06. The lowest BCUT2D eigenvalue weighted by atomic mass is 10.1. The average molecular weight is 471 g/mol. The van der Waals surface area contributed by atoms with Gasteiger partial charge in [-0.05, 0) is 42.8 Å². The van der Waals surface area contributed by atoms with E-state index < -0.39 is 10.0 Å². The molecule has 0 spiro atoms. The number of hydrogen-bond donors (Lipinski definition) is 1. The molecule has 5 nitrogen and oxygen atoms in total. The van der Waals surface area contributed by atoms with Crippen molar-refractivity contribution in [2.75, 3.05) is 11.5 Å². The zero-order chi connectivity index (χ0) is 18.0. The van der Waals surface area contributed by atoms with Gasteiger partial charge >= 0.3 is 5.97 Å². The van der Waals surface area contributed by atoms with Gasteiger partial charge in [-0.25, -0.2) is 9.79 Å². The maximum absolute atomic E-state index is 11.6. The van der Waals surface area contributed by atoms with Crippen molar-refractivity contribution < 1.29 is 14.6 Å². The first-order valence-electron chi connectivity index (χ1n) is 7.79. The maximum atomic E-state index is 11.6. The number of hydrogen-bond acceptors (Lipinski definition) is 4. The normalized spacial score (nSPS) is 16.2. The van der Waals surface area contributed by atoms with Gasteiger partial charge in [-0.15, -0.1) is 0 Å². The monoisotopic (exact) mass is 470 g/mol. The standard InChI is InChI=1S/C18H16ClIN2O3/c1-2-10-25-12-8-6-11(7-9-12)22-14-5-3-4-13(19)15(14)21-16(17(22)20)18(23)24/h3-9,17H,2,10H2,1H3,(H,23,24). The van der Waals surface area contributed by atoms with Crippen LogP contribution in [0, 0.1) is 0 Å². The summed E-state index contributed by atoms with van der Waals surface area (Å²) in [5, 5.41) is 9.93. The molecule has 1 atom stereocenters. The number of alkyl halides is 1. The third kappa shape index (κ3) is 3.59. The third-order valence-corrected chi connectivity index (χ3v) is 5.17. The van der Waals surface area contributed by atoms with Crippen molar-refractivity contribution in [1.82, 2.24) is 0 Å². The molecule has 7 heteroatoms. The molecule has 1 unspecified atom stereocenters. The first-order chi connectivity index (χ1) is 12.0. The van der Waals surface area contributed by atoms with Crippen LogP contribution in [0.1, 0.15) is 13.3 Å². The summed E-state index contributed by atoms with van der Waals surface area (Å²) in [6.45, 7) is 2.71. The summed E-state index contributed by atoms with van der Waals surface area (Å²) in [6.07, 6.45) is 0.939. The Labute approximate surface area is 164 Å². The largest absolute Gasteiger partial charge is 0.494 e. The number of rotatable bonds is 5. The number of carboxylic acids is 1. The SMILES string of the molecule is CCCOc1ccc(N2c3cccc(Cl)c3N=C(C(=O)O)C2I)cc1. The van der Waals surface area contributed by atoms with E-state index in [0.717, 1.165) is 23.5 Å². The number of ether oxygens (including phenoxy) is 1. The van der Waals surface area contributed by atoms with Crippen LogP contribution in [0.2, 0.25) is 5.02 Å². The van der Waals surface area contributed by atoms with Crippen molar-refractivity contribution in [3.8, 4) is 5.75 Å². The molecule has 0 amide bonds. The number of benzene rings is 2. The van der Waals surface area contributed by atoms with E-state index in [-0.39, 0.29) is 5.71 Å². The van der Waals surface area contributed by atoms with Crippen LogP contribution >= 0.6 is 34.2 Å². The van der Waals surface area contributed by atoms with Crippen LogP contribution in [0.3, 0.4) is 0 Å². The van der Waals surface area contributed by atoms with Crippen LogP contribution in [0.5, 0.6) is 5.75 Å². The van der Waals surface area contributed by atoms with E-state index in [1.54, 1.807) is 6.07 Å². The summed E-state index contributed by atoms with van der Waals surface area (Å²) in [4.78, 5) is 17.8. The van der Waals surface area contributed by atoms with Crippen molar-refractivity contribution in [3.05, 3.63) is 47.5 Å². The lowest BCUT2D eigenvalue weighted by molar-refractivity contribution is -0.129. The van der Waals surface area contributed by atoms with Gasteiger partial charge in [-0.1, -0.05) is 47.2 Å². The minimum absolute atomic E-state index is 0.0486. The van der Waals surface area contributed by atoms with Crippen LogP contribution in [-0.4, -0.2) is 27.4 Å². The lowest BCUT2D eigenvalue weighted by Gasteiger charge is -2.34. The van der Waals surface area contributed by atoms with Crippen LogP contribution in [0.15, 0.2) is 47.5 Å². The molecule has 0 aromatic heterocycles. The first kappa shape index (κ1) is 18.0. The summed E-state index contributed by atoms with van der Waals surface area (Å²) in [5.41, 5.74) is 2.15. The number of carbonyl (C=O) groups is 1. The number of carboxylic acid groups (broad SMARTS) is 1. The maximum Gasteiger partial charge on any atom is 0.353 e. The summed E-state index contributed by atoms with van der Waals surface area (Å²) < 4.78 is 5.16. The van der Waals surface area contributed by atoms with E-state index in [4.69, 9.17) is 16.3 Å². The van der Waals surface area contributed by atoms with Gasteiger partial charge in [0.25, 0.3) is 0 Å². The Morgan fingerprint density at radius 1 is 1.32 bits per heavy atom. The topological polar surface area (TPSA) is 62.1 Å². The molecule has 3 rings (SSSR count). The fraction of sp³-hybridized carbons (Fsp3) is 0.222. The van der Waals surface area contributed by atoms with Gasteiger partial charge in [0.1, 0.15) is 15.5 Å². The second-order valence-electron chi connectivity index (χ2n) is 5.46. The van der Waals surface area contributed by atoms with E-state index in [1.807, 2.05) is 41.3 Å². The highest BCUT2D eigenvalue weighted by Gasteiger charge is 2.34. The molecule has 25 heavy (non-hydrogen) atoms. The molecule has 0 radical (unpaired) electrons. The van der Waals surface area contributed by atoms with E-state index in [1.165, 1.54) is 0 Å². The lowest BCUT2D eigenvalue weighted by Crippen LogP contribution is -2.39. The second kappa shape index (κ2) is 7.61. The molecule has 1 aliphatic rings. The van der Waals surface area contributed by atoms with Gasteiger partial charge in [0.15, 0.2) is 5.71 Å². The fourth-order valence-corrected chi connectivity index (χ4v) is 3.81. The highest BCUT2D eigenvalue weighted by Crippen LogP contribution is 2.45. The predicted molar refractivity (Wildman–Crippen MR) is 108 cm³/mol. The molecule has 0 aliphatic carbocycles. The molecule has 130 valence electrons. The van der Waals surface area contributed by atoms with Crippen molar-refractivity contribution >= 4 is 62.9 Å². The van der Waals surface area contributed by atoms with Crippen LogP contribution in [0.4, 0.5) is 17.1 Å². The molecule has 1 heterocycles. The van der Waals surface area contributed by atoms with Crippen LogP contribution in [0.25, 0.3) is 0 Å². The van der Waals surface area contributed by atoms with Crippen molar-refractivity contribution in [1.29, 1.82) is 0 Å². The number of fused-ring (bicyclic) bond motifs is 1.